The average molecular weight is 275 g/mol. The summed E-state index contributed by atoms with van der Waals surface area (Å²) in [5.74, 6) is 1.09. The highest BCUT2D eigenvalue weighted by Crippen LogP contribution is 2.13. The predicted octanol–water partition coefficient (Wildman–Crippen LogP) is 2.57. The van der Waals surface area contributed by atoms with Gasteiger partial charge >= 0.3 is 0 Å². The smallest absolute Gasteiger partial charge is 0.286 e. The molecule has 4 heteroatoms. The number of hydrogen-bond donors (Lipinski definition) is 1. The Hall–Kier alpha value is -1.97. The van der Waals surface area contributed by atoms with Crippen LogP contribution in [0.25, 0.3) is 0 Å². The molecule has 1 aromatic carbocycles. The third-order valence-electron chi connectivity index (χ3n) is 3.03. The first kappa shape index (κ1) is 14.4. The summed E-state index contributed by atoms with van der Waals surface area (Å²) in [6.45, 7) is 4.98. The van der Waals surface area contributed by atoms with Crippen molar-refractivity contribution in [2.45, 2.75) is 32.7 Å². The quantitative estimate of drug-likeness (QED) is 0.898. The first-order chi connectivity index (χ1) is 9.65. The van der Waals surface area contributed by atoms with Crippen LogP contribution < -0.4 is 10.1 Å². The number of ether oxygens (including phenoxy) is 2. The van der Waals surface area contributed by atoms with E-state index in [2.05, 4.69) is 5.32 Å². The first-order valence-electron chi connectivity index (χ1n) is 6.98. The Bertz CT molecular complexity index is 496. The summed E-state index contributed by atoms with van der Waals surface area (Å²) < 4.78 is 11.0. The van der Waals surface area contributed by atoms with Crippen molar-refractivity contribution in [3.8, 4) is 5.75 Å². The summed E-state index contributed by atoms with van der Waals surface area (Å²) in [4.78, 5) is 11.9. The molecular formula is C16H21NO3. The van der Waals surface area contributed by atoms with E-state index >= 15 is 0 Å². The molecular weight excluding hydrogens is 254 g/mol. The summed E-state index contributed by atoms with van der Waals surface area (Å²) in [5, 5.41) is 2.88. The van der Waals surface area contributed by atoms with Gasteiger partial charge in [0.15, 0.2) is 5.76 Å². The second kappa shape index (κ2) is 6.98. The molecule has 1 amide bonds. The zero-order valence-electron chi connectivity index (χ0n) is 12.0. The molecule has 0 bridgehead atoms. The van der Waals surface area contributed by atoms with Crippen molar-refractivity contribution < 1.29 is 14.3 Å². The van der Waals surface area contributed by atoms with Crippen molar-refractivity contribution in [1.29, 1.82) is 0 Å². The topological polar surface area (TPSA) is 47.6 Å². The number of carbonyl (C=O) groups excluding carboxylic acids is 1. The minimum Gasteiger partial charge on any atom is -0.491 e. The third-order valence-corrected chi connectivity index (χ3v) is 3.03. The fourth-order valence-electron chi connectivity index (χ4n) is 1.98. The lowest BCUT2D eigenvalue weighted by Gasteiger charge is -2.18. The third kappa shape index (κ3) is 4.30. The maximum Gasteiger partial charge on any atom is 0.286 e. The Morgan fingerprint density at radius 1 is 1.50 bits per heavy atom. The monoisotopic (exact) mass is 275 g/mol. The lowest BCUT2D eigenvalue weighted by molar-refractivity contribution is -0.122. The van der Waals surface area contributed by atoms with E-state index in [0.717, 1.165) is 24.2 Å². The number of hydrogen-bond acceptors (Lipinski definition) is 3. The molecule has 1 aliphatic rings. The van der Waals surface area contributed by atoms with Crippen LogP contribution in [0.5, 0.6) is 5.75 Å². The van der Waals surface area contributed by atoms with Gasteiger partial charge in [0.1, 0.15) is 12.4 Å². The van der Waals surface area contributed by atoms with E-state index in [0.29, 0.717) is 19.0 Å². The highest BCUT2D eigenvalue weighted by atomic mass is 16.5. The minimum absolute atomic E-state index is 0.0746. The van der Waals surface area contributed by atoms with Gasteiger partial charge in [-0.15, -0.1) is 0 Å². The van der Waals surface area contributed by atoms with Gasteiger partial charge in [-0.25, -0.2) is 0 Å². The van der Waals surface area contributed by atoms with Crippen LogP contribution in [0.1, 0.15) is 25.3 Å². The maximum atomic E-state index is 11.9. The first-order valence-corrected chi connectivity index (χ1v) is 6.98. The Kier molecular flexibility index (Phi) is 5.04. The fraction of sp³-hybridized carbons (Fsp3) is 0.438. The number of rotatable bonds is 5. The number of carbonyl (C=O) groups is 1. The molecule has 0 saturated heterocycles. The maximum absolute atomic E-state index is 11.9. The lowest BCUT2D eigenvalue weighted by atomic mass is 10.2. The van der Waals surface area contributed by atoms with Crippen molar-refractivity contribution in [3.63, 3.8) is 0 Å². The second-order valence-electron chi connectivity index (χ2n) is 5.06. The van der Waals surface area contributed by atoms with E-state index < -0.39 is 0 Å². The van der Waals surface area contributed by atoms with Gasteiger partial charge in [-0.2, -0.15) is 0 Å². The van der Waals surface area contributed by atoms with E-state index in [1.807, 2.05) is 44.2 Å². The van der Waals surface area contributed by atoms with E-state index in [-0.39, 0.29) is 11.9 Å². The van der Waals surface area contributed by atoms with Gasteiger partial charge in [-0.3, -0.25) is 4.79 Å². The van der Waals surface area contributed by atoms with Crippen LogP contribution in [0, 0.1) is 6.92 Å². The summed E-state index contributed by atoms with van der Waals surface area (Å²) in [7, 11) is 0. The molecule has 4 nitrogen and oxygen atoms in total. The van der Waals surface area contributed by atoms with Crippen molar-refractivity contribution >= 4 is 5.91 Å². The van der Waals surface area contributed by atoms with Crippen molar-refractivity contribution in [3.05, 3.63) is 41.7 Å². The predicted molar refractivity (Wildman–Crippen MR) is 77.5 cm³/mol. The molecule has 0 radical (unpaired) electrons. The number of nitrogens with one attached hydrogen (secondary N) is 1. The van der Waals surface area contributed by atoms with E-state index in [4.69, 9.17) is 9.47 Å². The largest absolute Gasteiger partial charge is 0.491 e. The highest BCUT2D eigenvalue weighted by molar-refractivity contribution is 5.91. The molecule has 0 fully saturated rings. The van der Waals surface area contributed by atoms with E-state index in [9.17, 15) is 4.79 Å². The molecule has 1 heterocycles. The van der Waals surface area contributed by atoms with E-state index in [1.54, 1.807) is 0 Å². The van der Waals surface area contributed by atoms with Crippen molar-refractivity contribution in [1.82, 2.24) is 5.32 Å². The molecule has 1 unspecified atom stereocenters. The Morgan fingerprint density at radius 2 is 2.35 bits per heavy atom. The Labute approximate surface area is 119 Å². The molecule has 1 aromatic rings. The van der Waals surface area contributed by atoms with Crippen LogP contribution in [0.2, 0.25) is 0 Å². The van der Waals surface area contributed by atoms with Crippen LogP contribution >= 0.6 is 0 Å². The summed E-state index contributed by atoms with van der Waals surface area (Å²) in [5.41, 5.74) is 1.15. The molecule has 108 valence electrons. The molecule has 2 rings (SSSR count). The molecule has 1 N–H and O–H groups in total. The highest BCUT2D eigenvalue weighted by Gasteiger charge is 2.16. The van der Waals surface area contributed by atoms with Crippen LogP contribution in [0.3, 0.4) is 0 Å². The SMILES string of the molecule is Cc1cccc(OCC(C)NC(=O)C2=CCCCO2)c1. The standard InChI is InChI=1S/C16H21NO3/c1-12-6-5-7-14(10-12)20-11-13(2)17-16(18)15-8-3-4-9-19-15/h5-8,10,13H,3-4,9,11H2,1-2H3,(H,17,18). The second-order valence-corrected chi connectivity index (χ2v) is 5.06. The van der Waals surface area contributed by atoms with E-state index in [1.165, 1.54) is 0 Å². The van der Waals surface area contributed by atoms with Crippen LogP contribution in [0.15, 0.2) is 36.1 Å². The summed E-state index contributed by atoms with van der Waals surface area (Å²) in [6, 6.07) is 7.78. The minimum atomic E-state index is -0.162. The summed E-state index contributed by atoms with van der Waals surface area (Å²) in [6.07, 6.45) is 3.71. The Balaban J connectivity index is 1.79. The van der Waals surface area contributed by atoms with Gasteiger partial charge in [0.05, 0.1) is 12.6 Å². The molecule has 20 heavy (non-hydrogen) atoms. The van der Waals surface area contributed by atoms with Crippen molar-refractivity contribution in [2.75, 3.05) is 13.2 Å². The van der Waals surface area contributed by atoms with Gasteiger partial charge in [0.2, 0.25) is 0 Å². The van der Waals surface area contributed by atoms with Gasteiger partial charge < -0.3 is 14.8 Å². The number of amides is 1. The molecule has 0 saturated carbocycles. The number of benzene rings is 1. The zero-order chi connectivity index (χ0) is 14.4. The molecule has 0 aromatic heterocycles. The van der Waals surface area contributed by atoms with Gasteiger partial charge in [-0.05, 0) is 50.5 Å². The molecule has 0 aliphatic carbocycles. The van der Waals surface area contributed by atoms with Crippen LogP contribution in [0.4, 0.5) is 0 Å². The molecule has 1 aliphatic heterocycles. The Morgan fingerprint density at radius 3 is 3.05 bits per heavy atom. The van der Waals surface area contributed by atoms with Crippen LogP contribution in [-0.4, -0.2) is 25.2 Å². The van der Waals surface area contributed by atoms with Crippen molar-refractivity contribution in [2.24, 2.45) is 0 Å². The number of allylic oxidation sites excluding steroid dienone is 1. The fourth-order valence-corrected chi connectivity index (χ4v) is 1.98. The average Bonchev–Trinajstić information content (AvgIpc) is 2.46. The number of aryl methyl sites for hydroxylation is 1. The van der Waals surface area contributed by atoms with Crippen LogP contribution in [-0.2, 0) is 9.53 Å². The van der Waals surface area contributed by atoms with Gasteiger partial charge in [-0.1, -0.05) is 12.1 Å². The normalized spacial score (nSPS) is 15.8. The van der Waals surface area contributed by atoms with Gasteiger partial charge in [0.25, 0.3) is 5.91 Å². The molecule has 0 spiro atoms. The lowest BCUT2D eigenvalue weighted by Crippen LogP contribution is -2.38. The zero-order valence-corrected chi connectivity index (χ0v) is 12.0. The molecule has 1 atom stereocenters. The summed E-state index contributed by atoms with van der Waals surface area (Å²) >= 11 is 0. The van der Waals surface area contributed by atoms with Gasteiger partial charge in [0, 0.05) is 0 Å².